The number of aryl methyl sites for hydroxylation is 1. The number of nitrogens with one attached hydrogen (secondary N) is 2. The van der Waals surface area contributed by atoms with Gasteiger partial charge in [-0.1, -0.05) is 34.6 Å². The third kappa shape index (κ3) is 9.69. The first-order valence-corrected chi connectivity index (χ1v) is 20.9. The van der Waals surface area contributed by atoms with Crippen LogP contribution in [0.15, 0.2) is 18.2 Å². The summed E-state index contributed by atoms with van der Waals surface area (Å²) in [5.41, 5.74) is -1.46. The molecule has 3 aliphatic carbocycles. The number of methoxy groups -OCH3 is 1. The van der Waals surface area contributed by atoms with Gasteiger partial charge in [0, 0.05) is 50.4 Å². The number of alkyl halides is 6. The molecule has 0 bridgehead atoms. The fourth-order valence-corrected chi connectivity index (χ4v) is 11.3. The number of ether oxygens (including phenoxy) is 3. The highest BCUT2D eigenvalue weighted by atomic mass is 33.1. The normalized spacial score (nSPS) is 29.4. The topological polar surface area (TPSA) is 72.1 Å². The van der Waals surface area contributed by atoms with Gasteiger partial charge in [0.15, 0.2) is 0 Å². The molecule has 1 aliphatic heterocycles. The van der Waals surface area contributed by atoms with Crippen molar-refractivity contribution >= 4 is 27.5 Å². The molecular weight excluding hydrogens is 729 g/mol. The SMILES string of the molecule is [2H]CO[C@@H]1CNC(CSSCCCOc2ccc3c(c2)CCC2C3CC[C@@]3(C)C2CC[C@@H]3NC(=O)CN(C)CCCOC(C)(C(F)(F)F)C(F)(F)F)C1. The summed E-state index contributed by atoms with van der Waals surface area (Å²) in [5.74, 6) is 4.31. The van der Waals surface area contributed by atoms with Crippen molar-refractivity contribution in [3.8, 4) is 5.75 Å². The van der Waals surface area contributed by atoms with E-state index >= 15 is 0 Å². The van der Waals surface area contributed by atoms with Gasteiger partial charge in [-0.3, -0.25) is 9.69 Å². The zero-order valence-corrected chi connectivity index (χ0v) is 32.0. The van der Waals surface area contributed by atoms with Gasteiger partial charge < -0.3 is 24.8 Å². The molecule has 1 amide bonds. The molecule has 2 N–H and O–H groups in total. The zero-order valence-electron chi connectivity index (χ0n) is 31.4. The number of halogens is 6. The number of rotatable bonds is 17. The Morgan fingerprint density at radius 1 is 1.10 bits per heavy atom. The minimum atomic E-state index is -5.59. The molecule has 1 heterocycles. The van der Waals surface area contributed by atoms with E-state index in [1.54, 1.807) is 11.9 Å². The first kappa shape index (κ1) is 40.3. The van der Waals surface area contributed by atoms with Crippen molar-refractivity contribution < 1.29 is 46.7 Å². The number of hydrogen-bond acceptors (Lipinski definition) is 8. The van der Waals surface area contributed by atoms with Gasteiger partial charge in [-0.15, -0.1) is 0 Å². The highest BCUT2D eigenvalue weighted by Crippen LogP contribution is 2.61. The van der Waals surface area contributed by atoms with Gasteiger partial charge in [-0.05, 0) is 118 Å². The predicted octanol–water partition coefficient (Wildman–Crippen LogP) is 7.78. The number of likely N-dealkylation sites (N-methyl/N-ethyl adjacent to an activating group) is 1. The van der Waals surface area contributed by atoms with Gasteiger partial charge in [0.25, 0.3) is 5.60 Å². The van der Waals surface area contributed by atoms with Crippen molar-refractivity contribution in [3.05, 3.63) is 29.3 Å². The van der Waals surface area contributed by atoms with E-state index in [0.717, 1.165) is 75.2 Å². The standard InChI is InChI=1S/C37H55F6N3O4S2/c1-34-14-13-29-28-10-8-26(49-16-6-18-51-52-23-25-20-27(48-4)21-44-25)19-24(28)7-9-30(29)31(34)11-12-32(34)45-33(47)22-46(3)15-5-17-50-35(2,36(38,39)40)37(41,42)43/h8,10,19,25,27,29-32,44H,5-7,9,11-18,20-23H2,1-4H3,(H,45,47)/t25?,27-,29?,30?,31?,32-,34-/m0/s1/i4D. The molecule has 2 saturated carbocycles. The minimum absolute atomic E-state index is 0.00103. The third-order valence-electron chi connectivity index (χ3n) is 12.0. The quantitative estimate of drug-likeness (QED) is 0.0944. The van der Waals surface area contributed by atoms with Crippen molar-refractivity contribution in [2.24, 2.45) is 17.3 Å². The molecule has 52 heavy (non-hydrogen) atoms. The Balaban J connectivity index is 1.02. The lowest BCUT2D eigenvalue weighted by atomic mass is 9.55. The Labute approximate surface area is 313 Å². The Bertz CT molecular complexity index is 1350. The lowest BCUT2D eigenvalue weighted by Gasteiger charge is -2.51. The molecular formula is C37H55F6N3O4S2. The largest absolute Gasteiger partial charge is 0.494 e. The van der Waals surface area contributed by atoms with E-state index in [1.165, 1.54) is 11.1 Å². The number of nitrogens with zero attached hydrogens (tertiary/aromatic N) is 1. The van der Waals surface area contributed by atoms with Crippen LogP contribution < -0.4 is 15.4 Å². The number of benzene rings is 1. The fraction of sp³-hybridized carbons (Fsp3) is 0.811. The predicted molar refractivity (Wildman–Crippen MR) is 194 cm³/mol. The Kier molecular flexibility index (Phi) is 13.6. The van der Waals surface area contributed by atoms with Crippen LogP contribution in [-0.4, -0.2) is 105 Å². The summed E-state index contributed by atoms with van der Waals surface area (Å²) < 4.78 is 102. The van der Waals surface area contributed by atoms with E-state index in [-0.39, 0.29) is 57.0 Å². The third-order valence-corrected chi connectivity index (χ3v) is 14.6. The van der Waals surface area contributed by atoms with Crippen molar-refractivity contribution in [2.45, 2.75) is 114 Å². The molecule has 1 aromatic carbocycles. The number of fused-ring (bicyclic) bond motifs is 5. The van der Waals surface area contributed by atoms with Crippen LogP contribution in [0.3, 0.4) is 0 Å². The van der Waals surface area contributed by atoms with Crippen LogP contribution in [0.1, 0.15) is 83.6 Å². The van der Waals surface area contributed by atoms with E-state index in [2.05, 4.69) is 40.5 Å². The Morgan fingerprint density at radius 2 is 1.88 bits per heavy atom. The summed E-state index contributed by atoms with van der Waals surface area (Å²) in [7, 11) is 5.40. The first-order valence-electron chi connectivity index (χ1n) is 19.2. The summed E-state index contributed by atoms with van der Waals surface area (Å²) in [4.78, 5) is 14.7. The molecule has 5 rings (SSSR count). The van der Waals surface area contributed by atoms with Crippen LogP contribution in [0.25, 0.3) is 0 Å². The lowest BCUT2D eigenvalue weighted by Crippen LogP contribution is -2.56. The van der Waals surface area contributed by atoms with Gasteiger partial charge >= 0.3 is 12.4 Å². The lowest BCUT2D eigenvalue weighted by molar-refractivity contribution is -0.374. The maximum atomic E-state index is 13.1. The van der Waals surface area contributed by atoms with Crippen LogP contribution in [0.4, 0.5) is 26.3 Å². The molecule has 1 saturated heterocycles. The van der Waals surface area contributed by atoms with E-state index < -0.39 is 24.6 Å². The summed E-state index contributed by atoms with van der Waals surface area (Å²) in [6, 6.07) is 7.08. The maximum absolute atomic E-state index is 13.1. The van der Waals surface area contributed by atoms with Crippen LogP contribution in [0.5, 0.6) is 5.75 Å². The molecule has 3 fully saturated rings. The van der Waals surface area contributed by atoms with Gasteiger partial charge in [0.1, 0.15) is 5.75 Å². The molecule has 0 spiro atoms. The number of carbonyl (C=O) groups is 1. The van der Waals surface area contributed by atoms with Gasteiger partial charge in [-0.25, -0.2) is 0 Å². The molecule has 7 nitrogen and oxygen atoms in total. The Hall–Kier alpha value is -1.39. The molecule has 1 aromatic rings. The van der Waals surface area contributed by atoms with Gasteiger partial charge in [0.05, 0.1) is 20.6 Å². The second-order valence-corrected chi connectivity index (χ2v) is 18.1. The van der Waals surface area contributed by atoms with Crippen LogP contribution in [-0.2, 0) is 20.7 Å². The second-order valence-electron chi connectivity index (χ2n) is 15.4. The van der Waals surface area contributed by atoms with Gasteiger partial charge in [0.2, 0.25) is 5.91 Å². The van der Waals surface area contributed by atoms with Crippen LogP contribution >= 0.6 is 21.6 Å². The van der Waals surface area contributed by atoms with Crippen molar-refractivity contribution in [2.75, 3.05) is 58.5 Å². The monoisotopic (exact) mass is 784 g/mol. The number of hydrogen-bond donors (Lipinski definition) is 2. The minimum Gasteiger partial charge on any atom is -0.494 e. The van der Waals surface area contributed by atoms with Crippen molar-refractivity contribution in [1.82, 2.24) is 15.5 Å². The molecule has 15 heteroatoms. The van der Waals surface area contributed by atoms with E-state index in [1.807, 2.05) is 21.6 Å². The summed E-state index contributed by atoms with van der Waals surface area (Å²) in [6.45, 7) is 3.18. The average Bonchev–Trinajstić information content (AvgIpc) is 3.68. The smallest absolute Gasteiger partial charge is 0.426 e. The molecule has 4 unspecified atom stereocenters. The highest BCUT2D eigenvalue weighted by Gasteiger charge is 2.69. The van der Waals surface area contributed by atoms with Crippen LogP contribution in [0, 0.1) is 17.3 Å². The van der Waals surface area contributed by atoms with Gasteiger partial charge in [-0.2, -0.15) is 26.3 Å². The maximum Gasteiger partial charge on any atom is 0.426 e. The second kappa shape index (κ2) is 17.6. The Morgan fingerprint density at radius 3 is 2.63 bits per heavy atom. The molecule has 4 aliphatic rings. The van der Waals surface area contributed by atoms with E-state index in [0.29, 0.717) is 30.4 Å². The van der Waals surface area contributed by atoms with E-state index in [9.17, 15) is 31.1 Å². The number of carbonyl (C=O) groups excluding carboxylic acids is 1. The number of amides is 1. The molecule has 296 valence electrons. The fourth-order valence-electron chi connectivity index (χ4n) is 8.92. The highest BCUT2D eigenvalue weighted by molar-refractivity contribution is 8.76. The molecule has 0 aromatic heterocycles. The van der Waals surface area contributed by atoms with Crippen molar-refractivity contribution in [3.63, 3.8) is 0 Å². The first-order chi connectivity index (χ1) is 25.1. The van der Waals surface area contributed by atoms with E-state index in [4.69, 9.17) is 10.8 Å². The summed E-state index contributed by atoms with van der Waals surface area (Å²) >= 11 is 0. The molecule has 0 radical (unpaired) electrons. The zero-order chi connectivity index (χ0) is 38.4. The summed E-state index contributed by atoms with van der Waals surface area (Å²) in [6.07, 6.45) is -3.08. The average molecular weight is 785 g/mol. The van der Waals surface area contributed by atoms with Crippen molar-refractivity contribution in [1.29, 1.82) is 0 Å². The summed E-state index contributed by atoms with van der Waals surface area (Å²) in [5, 5.41) is 6.71. The molecule has 7 atom stereocenters. The van der Waals surface area contributed by atoms with Crippen LogP contribution in [0.2, 0.25) is 0 Å².